The fourth-order valence-corrected chi connectivity index (χ4v) is 1.70. The Bertz CT molecular complexity index is 585. The number of carbonyl (C=O) groups excluding carboxylic acids is 1. The molecule has 0 saturated carbocycles. The number of hydrogen-bond donors (Lipinski definition) is 0. The van der Waals surface area contributed by atoms with Gasteiger partial charge in [0.25, 0.3) is 0 Å². The molecule has 5 nitrogen and oxygen atoms in total. The number of carbonyl (C=O) groups is 1. The summed E-state index contributed by atoms with van der Waals surface area (Å²) in [7, 11) is 0. The van der Waals surface area contributed by atoms with Crippen LogP contribution in [0.25, 0.3) is 0 Å². The molecule has 0 amide bonds. The predicted molar refractivity (Wildman–Crippen MR) is 75.3 cm³/mol. The summed E-state index contributed by atoms with van der Waals surface area (Å²) in [6.45, 7) is 7.86. The molecule has 0 bridgehead atoms. The number of nitrogens with zero attached hydrogens (tertiary/aromatic N) is 3. The van der Waals surface area contributed by atoms with Gasteiger partial charge in [-0.2, -0.15) is 5.10 Å². The van der Waals surface area contributed by atoms with Gasteiger partial charge >= 0.3 is 5.97 Å². The van der Waals surface area contributed by atoms with Crippen LogP contribution in [0.15, 0.2) is 36.8 Å². The Balaban J connectivity index is 2.07. The van der Waals surface area contributed by atoms with Crippen molar-refractivity contribution in [3.63, 3.8) is 0 Å². The molecule has 2 heterocycles. The molecule has 0 spiro atoms. The van der Waals surface area contributed by atoms with E-state index >= 15 is 0 Å². The molecule has 0 fully saturated rings. The smallest absolute Gasteiger partial charge is 0.341 e. The molecule has 0 aliphatic carbocycles. The fraction of sp³-hybridized carbons (Fsp3) is 0.400. The van der Waals surface area contributed by atoms with E-state index < -0.39 is 5.97 Å². The summed E-state index contributed by atoms with van der Waals surface area (Å²) < 4.78 is 7.14. The first-order chi connectivity index (χ1) is 9.38. The minimum absolute atomic E-state index is 0.162. The number of esters is 1. The van der Waals surface area contributed by atoms with Gasteiger partial charge in [0.1, 0.15) is 6.10 Å². The number of aromatic nitrogens is 3. The quantitative estimate of drug-likeness (QED) is 0.807. The Hall–Kier alpha value is -2.17. The topological polar surface area (TPSA) is 57.0 Å². The second kappa shape index (κ2) is 5.45. The Morgan fingerprint density at radius 3 is 2.65 bits per heavy atom. The minimum Gasteiger partial charge on any atom is -0.452 e. The lowest BCUT2D eigenvalue weighted by molar-refractivity contribution is 0.0329. The van der Waals surface area contributed by atoms with E-state index in [4.69, 9.17) is 4.74 Å². The van der Waals surface area contributed by atoms with Gasteiger partial charge in [0, 0.05) is 12.4 Å². The minimum atomic E-state index is -0.390. The summed E-state index contributed by atoms with van der Waals surface area (Å²) >= 11 is 0. The standard InChI is InChI=1S/C15H19N3O2/c1-11(13-7-5-6-8-16-13)20-14(19)12-9-17-18(10-12)15(2,3)4/h5-11H,1-4H3/t11-/m0/s1. The van der Waals surface area contributed by atoms with Gasteiger partial charge in [-0.1, -0.05) is 6.07 Å². The molecule has 0 unspecified atom stereocenters. The Morgan fingerprint density at radius 1 is 1.35 bits per heavy atom. The lowest BCUT2D eigenvalue weighted by Gasteiger charge is -2.18. The highest BCUT2D eigenvalue weighted by Gasteiger charge is 2.19. The van der Waals surface area contributed by atoms with Crippen LogP contribution >= 0.6 is 0 Å². The van der Waals surface area contributed by atoms with Crippen LogP contribution in [0.3, 0.4) is 0 Å². The van der Waals surface area contributed by atoms with E-state index in [2.05, 4.69) is 10.1 Å². The van der Waals surface area contributed by atoms with Crippen molar-refractivity contribution in [2.24, 2.45) is 0 Å². The normalized spacial score (nSPS) is 13.0. The molecule has 0 radical (unpaired) electrons. The third-order valence-corrected chi connectivity index (χ3v) is 2.89. The largest absolute Gasteiger partial charge is 0.452 e. The van der Waals surface area contributed by atoms with Crippen molar-refractivity contribution in [2.45, 2.75) is 39.3 Å². The van der Waals surface area contributed by atoms with Crippen LogP contribution in [-0.2, 0) is 10.3 Å². The van der Waals surface area contributed by atoms with E-state index in [-0.39, 0.29) is 11.6 Å². The third-order valence-electron chi connectivity index (χ3n) is 2.89. The zero-order valence-electron chi connectivity index (χ0n) is 12.2. The molecule has 2 aromatic rings. The van der Waals surface area contributed by atoms with Gasteiger partial charge in [-0.25, -0.2) is 4.79 Å². The zero-order valence-corrected chi connectivity index (χ0v) is 12.2. The summed E-state index contributed by atoms with van der Waals surface area (Å²) in [5, 5.41) is 4.19. The number of rotatable bonds is 3. The van der Waals surface area contributed by atoms with Crippen molar-refractivity contribution >= 4 is 5.97 Å². The third kappa shape index (κ3) is 3.23. The van der Waals surface area contributed by atoms with Crippen molar-refractivity contribution in [2.75, 3.05) is 0 Å². The van der Waals surface area contributed by atoms with Crippen molar-refractivity contribution in [3.8, 4) is 0 Å². The average Bonchev–Trinajstić information content (AvgIpc) is 2.89. The highest BCUT2D eigenvalue weighted by atomic mass is 16.5. The van der Waals surface area contributed by atoms with E-state index in [0.29, 0.717) is 5.56 Å². The first kappa shape index (κ1) is 14.2. The number of pyridine rings is 1. The molecule has 0 aliphatic rings. The molecule has 106 valence electrons. The molecule has 0 saturated heterocycles. The lowest BCUT2D eigenvalue weighted by atomic mass is 10.1. The zero-order chi connectivity index (χ0) is 14.8. The van der Waals surface area contributed by atoms with Gasteiger partial charge in [0.2, 0.25) is 0 Å². The molecule has 0 aromatic carbocycles. The maximum atomic E-state index is 12.1. The molecular weight excluding hydrogens is 254 g/mol. The molecule has 0 aliphatic heterocycles. The van der Waals surface area contributed by atoms with Crippen LogP contribution in [-0.4, -0.2) is 20.7 Å². The van der Waals surface area contributed by atoms with Crippen molar-refractivity contribution in [1.29, 1.82) is 0 Å². The van der Waals surface area contributed by atoms with Crippen LogP contribution in [0.4, 0.5) is 0 Å². The van der Waals surface area contributed by atoms with Crippen LogP contribution in [0.2, 0.25) is 0 Å². The highest BCUT2D eigenvalue weighted by Crippen LogP contribution is 2.18. The maximum absolute atomic E-state index is 12.1. The molecule has 2 rings (SSSR count). The summed E-state index contributed by atoms with van der Waals surface area (Å²) in [6.07, 6.45) is 4.52. The van der Waals surface area contributed by atoms with Gasteiger partial charge in [0.15, 0.2) is 0 Å². The SMILES string of the molecule is C[C@H](OC(=O)c1cnn(C(C)(C)C)c1)c1ccccn1. The Morgan fingerprint density at radius 2 is 2.10 bits per heavy atom. The fourth-order valence-electron chi connectivity index (χ4n) is 1.70. The van der Waals surface area contributed by atoms with Crippen molar-refractivity contribution in [3.05, 3.63) is 48.0 Å². The van der Waals surface area contributed by atoms with E-state index in [1.54, 1.807) is 24.0 Å². The van der Waals surface area contributed by atoms with Crippen LogP contribution in [0.5, 0.6) is 0 Å². The second-order valence-corrected chi connectivity index (χ2v) is 5.65. The average molecular weight is 273 g/mol. The van der Waals surface area contributed by atoms with E-state index in [9.17, 15) is 4.79 Å². The first-order valence-electron chi connectivity index (χ1n) is 6.55. The predicted octanol–water partition coefficient (Wildman–Crippen LogP) is 2.95. The summed E-state index contributed by atoms with van der Waals surface area (Å²) in [4.78, 5) is 16.2. The maximum Gasteiger partial charge on any atom is 0.341 e. The van der Waals surface area contributed by atoms with Gasteiger partial charge in [-0.15, -0.1) is 0 Å². The van der Waals surface area contributed by atoms with E-state index in [1.807, 2.05) is 39.0 Å². The van der Waals surface area contributed by atoms with Crippen molar-refractivity contribution in [1.82, 2.24) is 14.8 Å². The molecule has 0 N–H and O–H groups in total. The van der Waals surface area contributed by atoms with E-state index in [0.717, 1.165) is 5.69 Å². The number of hydrogen-bond acceptors (Lipinski definition) is 4. The molecule has 2 aromatic heterocycles. The summed E-state index contributed by atoms with van der Waals surface area (Å²) in [5.41, 5.74) is 1.01. The summed E-state index contributed by atoms with van der Waals surface area (Å²) in [5.74, 6) is -0.390. The van der Waals surface area contributed by atoms with Crippen molar-refractivity contribution < 1.29 is 9.53 Å². The Kier molecular flexibility index (Phi) is 3.88. The monoisotopic (exact) mass is 273 g/mol. The van der Waals surface area contributed by atoms with Crippen LogP contribution in [0.1, 0.15) is 49.9 Å². The first-order valence-corrected chi connectivity index (χ1v) is 6.55. The lowest BCUT2D eigenvalue weighted by Crippen LogP contribution is -2.22. The number of ether oxygens (including phenoxy) is 1. The highest BCUT2D eigenvalue weighted by molar-refractivity contribution is 5.88. The Labute approximate surface area is 118 Å². The summed E-state index contributed by atoms with van der Waals surface area (Å²) in [6, 6.07) is 5.52. The van der Waals surface area contributed by atoms with Gasteiger partial charge in [-0.3, -0.25) is 9.67 Å². The molecule has 5 heteroatoms. The van der Waals surface area contributed by atoms with Gasteiger partial charge in [-0.05, 0) is 39.8 Å². The van der Waals surface area contributed by atoms with Crippen LogP contribution in [0, 0.1) is 0 Å². The second-order valence-electron chi connectivity index (χ2n) is 5.65. The molecule has 1 atom stereocenters. The van der Waals surface area contributed by atoms with Crippen LogP contribution < -0.4 is 0 Å². The van der Waals surface area contributed by atoms with Gasteiger partial charge < -0.3 is 4.74 Å². The van der Waals surface area contributed by atoms with Gasteiger partial charge in [0.05, 0.1) is 23.0 Å². The molecule has 20 heavy (non-hydrogen) atoms. The van der Waals surface area contributed by atoms with E-state index in [1.165, 1.54) is 6.20 Å². The molecular formula is C15H19N3O2.